The second-order valence-corrected chi connectivity index (χ2v) is 15.6. The molecule has 338 valence electrons. The van der Waals surface area contributed by atoms with Crippen LogP contribution in [0.1, 0.15) is 41.5 Å². The topological polar surface area (TPSA) is 240 Å². The smallest absolute Gasteiger partial charge is 0.221 e. The molecular formula is C43H46N18O5. The van der Waals surface area contributed by atoms with Crippen molar-refractivity contribution in [3.05, 3.63) is 108 Å². The van der Waals surface area contributed by atoms with Crippen LogP contribution >= 0.6 is 0 Å². The summed E-state index contributed by atoms with van der Waals surface area (Å²) in [5.74, 6) is 0. The number of pyridine rings is 2. The molecule has 11 heterocycles. The average molecular weight is 895 g/mol. The summed E-state index contributed by atoms with van der Waals surface area (Å²) >= 11 is 0. The Bertz CT molecular complexity index is 3210. The van der Waals surface area contributed by atoms with Gasteiger partial charge in [-0.15, -0.1) is 10.2 Å². The van der Waals surface area contributed by atoms with Gasteiger partial charge in [0.25, 0.3) is 0 Å². The second kappa shape index (κ2) is 19.3. The minimum absolute atomic E-state index is 0.0240. The summed E-state index contributed by atoms with van der Waals surface area (Å²) in [6, 6.07) is 8.13. The fourth-order valence-corrected chi connectivity index (χ4v) is 7.69. The third kappa shape index (κ3) is 9.23. The number of nitrogens with zero attached hydrogens (tertiary/aromatic N) is 18. The molecule has 0 radical (unpaired) electrons. The molecule has 0 amide bonds. The van der Waals surface area contributed by atoms with Crippen molar-refractivity contribution in [2.45, 2.75) is 64.9 Å². The summed E-state index contributed by atoms with van der Waals surface area (Å²) in [5.41, 5.74) is 11.4. The number of fused-ring (bicyclic) bond motifs is 4. The van der Waals surface area contributed by atoms with Gasteiger partial charge in [-0.3, -0.25) is 9.36 Å². The molecule has 0 aliphatic carbocycles. The molecule has 1 aliphatic rings. The highest BCUT2D eigenvalue weighted by molar-refractivity contribution is 5.71. The lowest BCUT2D eigenvalue weighted by Crippen LogP contribution is -2.24. The monoisotopic (exact) mass is 894 g/mol. The van der Waals surface area contributed by atoms with Gasteiger partial charge in [0.15, 0.2) is 17.6 Å². The van der Waals surface area contributed by atoms with Crippen molar-refractivity contribution in [3.8, 4) is 22.5 Å². The van der Waals surface area contributed by atoms with Crippen LogP contribution in [0.2, 0.25) is 0 Å². The summed E-state index contributed by atoms with van der Waals surface area (Å²) in [6.07, 6.45) is 21.2. The van der Waals surface area contributed by atoms with E-state index in [1.807, 2.05) is 63.0 Å². The first-order valence-corrected chi connectivity index (χ1v) is 21.4. The standard InChI is InChI=1S/C24H27N9O3.C19H19N9O2/c1-34-16-19-12-27-32-6-5-17(10-21(19)32)14-33-24-23(29-30-33)25-13-20(28-24)18-11-26-31(15-18)7-9-36-22-4-2-3-8-35-22;1-30-12-15-8-22-27-3-2-13(6-17(15)27)10-28-19-18(24-25-28)20-9-16(23-19)14-7-21-26(11-14)4-5-29/h5-6,10-13,15,22H,2-4,7-9,14,16H2,1H3;2-3,6-9,11,29H,4-5,10,12H2,1H3. The van der Waals surface area contributed by atoms with E-state index in [9.17, 15) is 0 Å². The van der Waals surface area contributed by atoms with Gasteiger partial charge in [-0.2, -0.15) is 20.4 Å². The third-order valence-electron chi connectivity index (χ3n) is 11.0. The highest BCUT2D eigenvalue weighted by Gasteiger charge is 2.17. The van der Waals surface area contributed by atoms with E-state index in [1.54, 1.807) is 53.1 Å². The zero-order valence-electron chi connectivity index (χ0n) is 36.3. The normalized spacial score (nSPS) is 14.2. The van der Waals surface area contributed by atoms with Crippen LogP contribution in [-0.4, -0.2) is 134 Å². The fourth-order valence-electron chi connectivity index (χ4n) is 7.69. The third-order valence-corrected chi connectivity index (χ3v) is 11.0. The lowest BCUT2D eigenvalue weighted by molar-refractivity contribution is -0.163. The summed E-state index contributed by atoms with van der Waals surface area (Å²) in [4.78, 5) is 18.3. The maximum Gasteiger partial charge on any atom is 0.221 e. The average Bonchev–Trinajstić information content (AvgIpc) is 4.23. The van der Waals surface area contributed by atoms with Gasteiger partial charge in [0, 0.05) is 67.9 Å². The molecule has 1 N–H and O–H groups in total. The second-order valence-electron chi connectivity index (χ2n) is 15.6. The highest BCUT2D eigenvalue weighted by Crippen LogP contribution is 2.22. The van der Waals surface area contributed by atoms with Crippen molar-refractivity contribution < 1.29 is 24.1 Å². The molecular weight excluding hydrogens is 849 g/mol. The number of aromatic nitrogens is 18. The van der Waals surface area contributed by atoms with Crippen LogP contribution in [0, 0.1) is 0 Å². The minimum atomic E-state index is -0.101. The van der Waals surface area contributed by atoms with Gasteiger partial charge in [0.05, 0.1) is 112 Å². The van der Waals surface area contributed by atoms with Gasteiger partial charge in [-0.05, 0) is 54.7 Å². The zero-order chi connectivity index (χ0) is 44.8. The molecule has 10 aromatic heterocycles. The lowest BCUT2D eigenvalue weighted by Gasteiger charge is -2.22. The maximum atomic E-state index is 9.07. The van der Waals surface area contributed by atoms with E-state index in [4.69, 9.17) is 34.0 Å². The van der Waals surface area contributed by atoms with E-state index < -0.39 is 0 Å². The summed E-state index contributed by atoms with van der Waals surface area (Å²) in [5, 5.41) is 43.3. The van der Waals surface area contributed by atoms with E-state index >= 15 is 0 Å². The van der Waals surface area contributed by atoms with Crippen LogP contribution in [0.25, 0.3) is 56.1 Å². The van der Waals surface area contributed by atoms with Crippen LogP contribution in [0.5, 0.6) is 0 Å². The van der Waals surface area contributed by atoms with Gasteiger partial charge in [0.1, 0.15) is 0 Å². The van der Waals surface area contributed by atoms with E-state index in [2.05, 4.69) is 63.1 Å². The number of hydrogen-bond donors (Lipinski definition) is 1. The molecule has 66 heavy (non-hydrogen) atoms. The molecule has 0 bridgehead atoms. The summed E-state index contributed by atoms with van der Waals surface area (Å²) in [6.45, 7) is 4.40. The lowest BCUT2D eigenvalue weighted by atomic mass is 10.2. The number of aliphatic hydroxyl groups excluding tert-OH is 1. The van der Waals surface area contributed by atoms with Crippen LogP contribution < -0.4 is 0 Å². The summed E-state index contributed by atoms with van der Waals surface area (Å²) in [7, 11) is 3.34. The predicted molar refractivity (Wildman–Crippen MR) is 235 cm³/mol. The van der Waals surface area contributed by atoms with Crippen LogP contribution in [0.15, 0.2) is 86.2 Å². The van der Waals surface area contributed by atoms with Crippen molar-refractivity contribution >= 4 is 33.6 Å². The Morgan fingerprint density at radius 3 is 1.76 bits per heavy atom. The number of hydrogen-bond acceptors (Lipinski definition) is 17. The van der Waals surface area contributed by atoms with Crippen molar-refractivity contribution in [2.24, 2.45) is 0 Å². The molecule has 11 rings (SSSR count). The molecule has 1 saturated heterocycles. The Labute approximate surface area is 375 Å². The molecule has 1 unspecified atom stereocenters. The number of rotatable bonds is 16. The molecule has 10 aromatic rings. The van der Waals surface area contributed by atoms with E-state index in [0.29, 0.717) is 80.0 Å². The Hall–Kier alpha value is -7.44. The molecule has 0 saturated carbocycles. The van der Waals surface area contributed by atoms with E-state index in [1.165, 1.54) is 0 Å². The Balaban J connectivity index is 0.000000158. The van der Waals surface area contributed by atoms with Gasteiger partial charge in [0.2, 0.25) is 11.3 Å². The Morgan fingerprint density at radius 2 is 1.24 bits per heavy atom. The SMILES string of the molecule is COCc1cnn2ccc(Cn3nnc4ncc(-c5cnn(CCO)c5)nc43)cc12.COCc1cnn2ccc(Cn3nnc4ncc(-c5cnn(CCOC6CCCCO6)c5)nc43)cc12. The highest BCUT2D eigenvalue weighted by atomic mass is 16.7. The molecule has 23 nitrogen and oxygen atoms in total. The van der Waals surface area contributed by atoms with Gasteiger partial charge in [-0.1, -0.05) is 10.4 Å². The molecule has 1 aliphatic heterocycles. The number of aliphatic hydroxyl groups is 1. The first-order valence-electron chi connectivity index (χ1n) is 21.4. The molecule has 0 aromatic carbocycles. The minimum Gasteiger partial charge on any atom is -0.394 e. The van der Waals surface area contributed by atoms with Crippen molar-refractivity contribution in [3.63, 3.8) is 0 Å². The molecule has 1 fully saturated rings. The maximum absolute atomic E-state index is 9.07. The molecule has 1 atom stereocenters. The Kier molecular flexibility index (Phi) is 12.5. The van der Waals surface area contributed by atoms with Crippen LogP contribution in [0.4, 0.5) is 0 Å². The van der Waals surface area contributed by atoms with Crippen LogP contribution in [0.3, 0.4) is 0 Å². The zero-order valence-corrected chi connectivity index (χ0v) is 36.3. The first kappa shape index (κ1) is 42.5. The quantitative estimate of drug-likeness (QED) is 0.146. The molecule has 23 heteroatoms. The number of ether oxygens (including phenoxy) is 4. The molecule has 0 spiro atoms. The fraction of sp³-hybridized carbons (Fsp3) is 0.349. The van der Waals surface area contributed by atoms with Gasteiger partial charge in [-0.25, -0.2) is 38.3 Å². The largest absolute Gasteiger partial charge is 0.394 e. The predicted octanol–water partition coefficient (Wildman–Crippen LogP) is 3.39. The van der Waals surface area contributed by atoms with Crippen molar-refractivity contribution in [2.75, 3.05) is 34.0 Å². The van der Waals surface area contributed by atoms with Gasteiger partial charge >= 0.3 is 0 Å². The summed E-state index contributed by atoms with van der Waals surface area (Å²) < 4.78 is 32.6. The van der Waals surface area contributed by atoms with E-state index in [0.717, 1.165) is 70.3 Å². The van der Waals surface area contributed by atoms with Crippen molar-refractivity contribution in [1.29, 1.82) is 0 Å². The van der Waals surface area contributed by atoms with E-state index in [-0.39, 0.29) is 12.9 Å². The van der Waals surface area contributed by atoms with Crippen LogP contribution in [-0.2, 0) is 58.3 Å². The number of methoxy groups -OCH3 is 2. The van der Waals surface area contributed by atoms with Gasteiger partial charge < -0.3 is 24.1 Å². The Morgan fingerprint density at radius 1 is 0.682 bits per heavy atom. The van der Waals surface area contributed by atoms with Crippen molar-refractivity contribution in [1.82, 2.24) is 88.7 Å². The first-order chi connectivity index (χ1) is 32.5.